The van der Waals surface area contributed by atoms with Gasteiger partial charge in [0.1, 0.15) is 29.0 Å². The number of ether oxygens (including phenoxy) is 2. The molecule has 0 saturated carbocycles. The molecular formula is C20H17BrF2N2O4S. The Morgan fingerprint density at radius 3 is 2.40 bits per heavy atom. The molecule has 10 heteroatoms. The van der Waals surface area contributed by atoms with Gasteiger partial charge in [-0.1, -0.05) is 0 Å². The van der Waals surface area contributed by atoms with E-state index in [9.17, 15) is 17.2 Å². The van der Waals surface area contributed by atoms with Crippen LogP contribution in [0.3, 0.4) is 0 Å². The molecule has 0 aliphatic rings. The number of hydrogen-bond acceptors (Lipinski definition) is 5. The lowest BCUT2D eigenvalue weighted by atomic mass is 10.2. The molecule has 0 unspecified atom stereocenters. The van der Waals surface area contributed by atoms with Gasteiger partial charge in [-0.2, -0.15) is 0 Å². The molecule has 0 aliphatic heterocycles. The van der Waals surface area contributed by atoms with Gasteiger partial charge in [-0.05, 0) is 58.4 Å². The van der Waals surface area contributed by atoms with E-state index in [1.54, 1.807) is 18.2 Å². The Bertz CT molecular complexity index is 1160. The zero-order chi connectivity index (χ0) is 21.9. The number of methoxy groups -OCH3 is 2. The monoisotopic (exact) mass is 498 g/mol. The Kier molecular flexibility index (Phi) is 6.57. The van der Waals surface area contributed by atoms with Gasteiger partial charge < -0.3 is 9.47 Å². The lowest BCUT2D eigenvalue weighted by Crippen LogP contribution is -2.31. The fraction of sp³-hybridized carbons (Fsp3) is 0.150. The van der Waals surface area contributed by atoms with Crippen molar-refractivity contribution in [2.75, 3.05) is 18.5 Å². The number of hydrogen-bond donors (Lipinski definition) is 0. The third kappa shape index (κ3) is 4.54. The van der Waals surface area contributed by atoms with Crippen molar-refractivity contribution in [3.63, 3.8) is 0 Å². The molecule has 3 aromatic rings. The first kappa shape index (κ1) is 22.0. The maximum atomic E-state index is 13.6. The van der Waals surface area contributed by atoms with Gasteiger partial charge in [-0.3, -0.25) is 0 Å². The lowest BCUT2D eigenvalue weighted by molar-refractivity contribution is 0.391. The molecule has 0 fully saturated rings. The number of anilines is 1. The predicted octanol–water partition coefficient (Wildman–Crippen LogP) is 4.54. The van der Waals surface area contributed by atoms with Gasteiger partial charge in [0.05, 0.1) is 36.3 Å². The van der Waals surface area contributed by atoms with E-state index in [4.69, 9.17) is 9.47 Å². The Hall–Kier alpha value is -2.72. The highest BCUT2D eigenvalue weighted by Gasteiger charge is 2.28. The first-order chi connectivity index (χ1) is 14.3. The van der Waals surface area contributed by atoms with Gasteiger partial charge in [0.2, 0.25) is 0 Å². The van der Waals surface area contributed by atoms with Crippen molar-refractivity contribution in [1.82, 2.24) is 4.98 Å². The summed E-state index contributed by atoms with van der Waals surface area (Å²) in [4.78, 5) is 3.76. The van der Waals surface area contributed by atoms with E-state index in [2.05, 4.69) is 20.9 Å². The Balaban J connectivity index is 2.12. The molecule has 0 aliphatic carbocycles. The molecule has 158 valence electrons. The summed E-state index contributed by atoms with van der Waals surface area (Å²) in [5.41, 5.74) is 0.522. The third-order valence-corrected chi connectivity index (χ3v) is 6.61. The fourth-order valence-electron chi connectivity index (χ4n) is 2.71. The Morgan fingerprint density at radius 1 is 1.03 bits per heavy atom. The highest BCUT2D eigenvalue weighted by atomic mass is 79.9. The number of pyridine rings is 1. The van der Waals surface area contributed by atoms with Crippen LogP contribution in [0.1, 0.15) is 5.56 Å². The van der Waals surface area contributed by atoms with Crippen LogP contribution in [-0.2, 0) is 16.6 Å². The number of sulfonamides is 1. The van der Waals surface area contributed by atoms with E-state index in [0.717, 1.165) is 34.8 Å². The van der Waals surface area contributed by atoms with E-state index in [1.807, 2.05) is 0 Å². The van der Waals surface area contributed by atoms with Gasteiger partial charge >= 0.3 is 0 Å². The van der Waals surface area contributed by atoms with Crippen LogP contribution in [0.25, 0.3) is 0 Å². The van der Waals surface area contributed by atoms with Gasteiger partial charge in [0.15, 0.2) is 0 Å². The zero-order valence-electron chi connectivity index (χ0n) is 16.0. The normalized spacial score (nSPS) is 11.2. The molecule has 6 nitrogen and oxygen atoms in total. The fourth-order valence-corrected chi connectivity index (χ4v) is 4.66. The first-order valence-corrected chi connectivity index (χ1v) is 10.8. The topological polar surface area (TPSA) is 68.7 Å². The quantitative estimate of drug-likeness (QED) is 0.478. The minimum Gasteiger partial charge on any atom is -0.497 e. The molecule has 2 aromatic carbocycles. The smallest absolute Gasteiger partial charge is 0.265 e. The molecule has 1 aromatic heterocycles. The largest absolute Gasteiger partial charge is 0.497 e. The van der Waals surface area contributed by atoms with Crippen LogP contribution in [0.2, 0.25) is 0 Å². The molecular weight excluding hydrogens is 482 g/mol. The number of benzene rings is 2. The van der Waals surface area contributed by atoms with Crippen LogP contribution in [0.4, 0.5) is 14.6 Å². The van der Waals surface area contributed by atoms with Gasteiger partial charge in [-0.15, -0.1) is 0 Å². The van der Waals surface area contributed by atoms with E-state index in [0.29, 0.717) is 17.1 Å². The van der Waals surface area contributed by atoms with E-state index in [-0.39, 0.29) is 21.7 Å². The molecule has 1 heterocycles. The van der Waals surface area contributed by atoms with Crippen molar-refractivity contribution >= 4 is 31.8 Å². The Labute approximate surface area is 181 Å². The third-order valence-electron chi connectivity index (χ3n) is 4.25. The van der Waals surface area contributed by atoms with Gasteiger partial charge in [0, 0.05) is 11.6 Å². The maximum Gasteiger partial charge on any atom is 0.265 e. The molecule has 0 saturated heterocycles. The minimum atomic E-state index is -4.18. The number of nitrogens with zero attached hydrogens (tertiary/aromatic N) is 2. The lowest BCUT2D eigenvalue weighted by Gasteiger charge is -2.24. The van der Waals surface area contributed by atoms with Crippen molar-refractivity contribution in [2.45, 2.75) is 11.4 Å². The summed E-state index contributed by atoms with van der Waals surface area (Å²) in [5.74, 6) is -0.279. The van der Waals surface area contributed by atoms with Crippen LogP contribution in [-0.4, -0.2) is 27.6 Å². The Morgan fingerprint density at radius 2 is 1.80 bits per heavy atom. The predicted molar refractivity (Wildman–Crippen MR) is 111 cm³/mol. The molecule has 0 N–H and O–H groups in total. The van der Waals surface area contributed by atoms with Crippen LogP contribution < -0.4 is 13.8 Å². The van der Waals surface area contributed by atoms with Crippen LogP contribution in [0, 0.1) is 11.6 Å². The van der Waals surface area contributed by atoms with Crippen molar-refractivity contribution in [2.24, 2.45) is 0 Å². The molecule has 0 spiro atoms. The van der Waals surface area contributed by atoms with Crippen LogP contribution in [0.15, 0.2) is 64.1 Å². The van der Waals surface area contributed by atoms with Gasteiger partial charge in [0.25, 0.3) is 10.0 Å². The zero-order valence-corrected chi connectivity index (χ0v) is 18.4. The summed E-state index contributed by atoms with van der Waals surface area (Å²) in [6.07, 6.45) is 0.920. The van der Waals surface area contributed by atoms with Crippen LogP contribution in [0.5, 0.6) is 11.5 Å². The summed E-state index contributed by atoms with van der Waals surface area (Å²) < 4.78 is 65.3. The summed E-state index contributed by atoms with van der Waals surface area (Å²) >= 11 is 3.00. The highest BCUT2D eigenvalue weighted by molar-refractivity contribution is 9.10. The second-order valence-corrected chi connectivity index (χ2v) is 8.82. The number of rotatable bonds is 7. The average Bonchev–Trinajstić information content (AvgIpc) is 2.74. The molecule has 30 heavy (non-hydrogen) atoms. The minimum absolute atomic E-state index is 0.00221. The van der Waals surface area contributed by atoms with E-state index < -0.39 is 21.7 Å². The number of halogens is 3. The number of aromatic nitrogens is 1. The second-order valence-electron chi connectivity index (χ2n) is 6.10. The van der Waals surface area contributed by atoms with Crippen molar-refractivity contribution < 1.29 is 26.7 Å². The van der Waals surface area contributed by atoms with Gasteiger partial charge in [-0.25, -0.2) is 26.5 Å². The molecule has 0 atom stereocenters. The second kappa shape index (κ2) is 8.97. The standard InChI is InChI=1S/C20H17BrF2N2O4S/c1-28-15-5-3-13(19(9-15)29-2)12-25(20-8-4-14(22)11-24-20)30(26,27)16-6-7-18(23)17(21)10-16/h3-11H,12H2,1-2H3. The van der Waals surface area contributed by atoms with Crippen LogP contribution >= 0.6 is 15.9 Å². The van der Waals surface area contributed by atoms with Crippen molar-refractivity contribution in [3.8, 4) is 11.5 Å². The van der Waals surface area contributed by atoms with E-state index >= 15 is 0 Å². The van der Waals surface area contributed by atoms with Crippen molar-refractivity contribution in [1.29, 1.82) is 0 Å². The molecule has 0 bridgehead atoms. The highest BCUT2D eigenvalue weighted by Crippen LogP contribution is 2.31. The molecule has 0 radical (unpaired) electrons. The SMILES string of the molecule is COc1ccc(CN(c2ccc(F)cn2)S(=O)(=O)c2ccc(F)c(Br)c2)c(OC)c1. The molecule has 0 amide bonds. The summed E-state index contributed by atoms with van der Waals surface area (Å²) in [7, 11) is -1.23. The first-order valence-electron chi connectivity index (χ1n) is 8.56. The summed E-state index contributed by atoms with van der Waals surface area (Å²) in [6.45, 7) is -0.164. The summed E-state index contributed by atoms with van der Waals surface area (Å²) in [6, 6.07) is 10.6. The molecule has 3 rings (SSSR count). The van der Waals surface area contributed by atoms with Crippen molar-refractivity contribution in [3.05, 3.63) is 76.4 Å². The summed E-state index contributed by atoms with van der Waals surface area (Å²) in [5, 5.41) is 0. The van der Waals surface area contributed by atoms with E-state index in [1.165, 1.54) is 20.3 Å². The average molecular weight is 499 g/mol. The maximum absolute atomic E-state index is 13.6.